The lowest BCUT2D eigenvalue weighted by Gasteiger charge is -2.33. The normalized spacial score (nSPS) is 14.5. The molecule has 9 heteroatoms. The second kappa shape index (κ2) is 9.86. The summed E-state index contributed by atoms with van der Waals surface area (Å²) in [6.45, 7) is 7.59. The van der Waals surface area contributed by atoms with Crippen LogP contribution >= 0.6 is 0 Å². The van der Waals surface area contributed by atoms with Crippen molar-refractivity contribution in [1.82, 2.24) is 9.47 Å². The van der Waals surface area contributed by atoms with E-state index in [1.54, 1.807) is 15.7 Å². The number of carbonyl (C=O) groups excluding carboxylic acids is 2. The monoisotopic (exact) mass is 453 g/mol. The van der Waals surface area contributed by atoms with Crippen LogP contribution in [-0.2, 0) is 9.47 Å². The molecular weight excluding hydrogens is 422 g/mol. The maximum atomic E-state index is 12.4. The van der Waals surface area contributed by atoms with Crippen LogP contribution < -0.4 is 11.1 Å². The van der Waals surface area contributed by atoms with E-state index in [4.69, 9.17) is 15.2 Å². The van der Waals surface area contributed by atoms with Crippen LogP contribution in [0, 0.1) is 17.2 Å². The Balaban J connectivity index is 1.71. The van der Waals surface area contributed by atoms with Crippen LogP contribution in [0.1, 0.15) is 49.7 Å². The molecule has 1 fully saturated rings. The molecule has 1 aliphatic rings. The fraction of sp³-hybridized carbons (Fsp3) is 0.458. The van der Waals surface area contributed by atoms with Crippen molar-refractivity contribution >= 4 is 23.4 Å². The van der Waals surface area contributed by atoms with Gasteiger partial charge in [0.15, 0.2) is 5.69 Å². The maximum absolute atomic E-state index is 12.4. The molecule has 3 rings (SSSR count). The summed E-state index contributed by atoms with van der Waals surface area (Å²) in [7, 11) is 1.28. The maximum Gasteiger partial charge on any atom is 0.410 e. The molecule has 9 nitrogen and oxygen atoms in total. The van der Waals surface area contributed by atoms with Gasteiger partial charge in [-0.05, 0) is 51.7 Å². The van der Waals surface area contributed by atoms with Crippen LogP contribution in [0.25, 0.3) is 5.69 Å². The molecule has 0 spiro atoms. The third kappa shape index (κ3) is 5.58. The number of nitrogens with two attached hydrogens (primary N) is 1. The average Bonchev–Trinajstić information content (AvgIpc) is 3.12. The minimum Gasteiger partial charge on any atom is -0.464 e. The molecule has 1 saturated heterocycles. The summed E-state index contributed by atoms with van der Waals surface area (Å²) < 4.78 is 11.9. The quantitative estimate of drug-likeness (QED) is 0.661. The zero-order valence-corrected chi connectivity index (χ0v) is 19.6. The number of rotatable bonds is 5. The largest absolute Gasteiger partial charge is 0.464 e. The van der Waals surface area contributed by atoms with Crippen LogP contribution in [0.5, 0.6) is 0 Å². The number of nitrogens with one attached hydrogen (secondary N) is 1. The van der Waals surface area contributed by atoms with Gasteiger partial charge in [0.05, 0.1) is 29.7 Å². The van der Waals surface area contributed by atoms with Crippen LogP contribution in [0.2, 0.25) is 0 Å². The number of ether oxygens (including phenoxy) is 2. The second-order valence-electron chi connectivity index (χ2n) is 9.09. The van der Waals surface area contributed by atoms with Crippen molar-refractivity contribution in [2.75, 3.05) is 37.8 Å². The van der Waals surface area contributed by atoms with Crippen LogP contribution in [0.4, 0.5) is 16.2 Å². The number of nitriles is 1. The van der Waals surface area contributed by atoms with Crippen molar-refractivity contribution in [3.8, 4) is 11.8 Å². The number of likely N-dealkylation sites (tertiary alicyclic amines) is 1. The topological polar surface area (TPSA) is 123 Å². The zero-order chi connectivity index (χ0) is 24.2. The first-order valence-corrected chi connectivity index (χ1v) is 10.9. The summed E-state index contributed by atoms with van der Waals surface area (Å²) in [4.78, 5) is 26.4. The number of para-hydroxylation sites is 2. The molecule has 0 bridgehead atoms. The lowest BCUT2D eigenvalue weighted by molar-refractivity contribution is 0.0188. The highest BCUT2D eigenvalue weighted by molar-refractivity contribution is 5.96. The second-order valence-corrected chi connectivity index (χ2v) is 9.09. The van der Waals surface area contributed by atoms with E-state index >= 15 is 0 Å². The summed E-state index contributed by atoms with van der Waals surface area (Å²) in [6, 6.07) is 9.52. The van der Waals surface area contributed by atoms with Crippen LogP contribution in [0.3, 0.4) is 0 Å². The van der Waals surface area contributed by atoms with E-state index in [0.717, 1.165) is 18.5 Å². The van der Waals surface area contributed by atoms with Gasteiger partial charge in [0.2, 0.25) is 0 Å². The molecule has 33 heavy (non-hydrogen) atoms. The molecular formula is C24H31N5O4. The number of esters is 1. The van der Waals surface area contributed by atoms with Crippen molar-refractivity contribution in [1.29, 1.82) is 5.26 Å². The first kappa shape index (κ1) is 24.0. The van der Waals surface area contributed by atoms with E-state index in [9.17, 15) is 14.9 Å². The molecule has 0 radical (unpaired) electrons. The van der Waals surface area contributed by atoms with E-state index < -0.39 is 11.6 Å². The highest BCUT2D eigenvalue weighted by Gasteiger charge is 2.27. The SMILES string of the molecule is COC(=O)c1c(N)c(C#N)cn1-c1ccccc1NCC1CCN(C(=O)OC(C)(C)C)CC1. The van der Waals surface area contributed by atoms with E-state index in [1.165, 1.54) is 7.11 Å². The minimum absolute atomic E-state index is 0.0914. The summed E-state index contributed by atoms with van der Waals surface area (Å²) in [5, 5.41) is 12.8. The van der Waals surface area contributed by atoms with E-state index in [0.29, 0.717) is 31.2 Å². The first-order chi connectivity index (χ1) is 15.6. The van der Waals surface area contributed by atoms with Crippen molar-refractivity contribution in [2.24, 2.45) is 5.92 Å². The number of aromatic nitrogens is 1. The van der Waals surface area contributed by atoms with Gasteiger partial charge in [-0.25, -0.2) is 9.59 Å². The number of hydrogen-bond donors (Lipinski definition) is 2. The molecule has 1 aromatic heterocycles. The minimum atomic E-state index is -0.613. The number of anilines is 2. The van der Waals surface area contributed by atoms with Crippen LogP contribution in [-0.4, -0.2) is 53.9 Å². The number of nitrogens with zero attached hydrogens (tertiary/aromatic N) is 3. The Labute approximate surface area is 194 Å². The van der Waals surface area contributed by atoms with Gasteiger partial charge in [0.25, 0.3) is 0 Å². The lowest BCUT2D eigenvalue weighted by atomic mass is 9.97. The summed E-state index contributed by atoms with van der Waals surface area (Å²) in [6.07, 6.45) is 2.99. The highest BCUT2D eigenvalue weighted by Crippen LogP contribution is 2.29. The highest BCUT2D eigenvalue weighted by atomic mass is 16.6. The molecule has 2 aromatic rings. The predicted molar refractivity (Wildman–Crippen MR) is 125 cm³/mol. The van der Waals surface area contributed by atoms with Gasteiger partial charge in [-0.1, -0.05) is 12.1 Å². The summed E-state index contributed by atoms with van der Waals surface area (Å²) in [5.74, 6) is -0.237. The Bertz CT molecular complexity index is 1060. The first-order valence-electron chi connectivity index (χ1n) is 10.9. The fourth-order valence-electron chi connectivity index (χ4n) is 3.84. The smallest absolute Gasteiger partial charge is 0.410 e. The summed E-state index contributed by atoms with van der Waals surface area (Å²) >= 11 is 0. The van der Waals surface area contributed by atoms with Crippen molar-refractivity contribution in [2.45, 2.75) is 39.2 Å². The van der Waals surface area contributed by atoms with Gasteiger partial charge in [0, 0.05) is 25.8 Å². The zero-order valence-electron chi connectivity index (χ0n) is 19.6. The average molecular weight is 454 g/mol. The van der Waals surface area contributed by atoms with Gasteiger partial charge in [-0.2, -0.15) is 5.26 Å². The third-order valence-corrected chi connectivity index (χ3v) is 5.55. The van der Waals surface area contributed by atoms with E-state index in [-0.39, 0.29) is 23.0 Å². The Kier molecular flexibility index (Phi) is 7.16. The molecule has 0 unspecified atom stereocenters. The number of hydrogen-bond acceptors (Lipinski definition) is 7. The van der Waals surface area contributed by atoms with Gasteiger partial charge >= 0.3 is 12.1 Å². The van der Waals surface area contributed by atoms with Crippen molar-refractivity contribution in [3.05, 3.63) is 41.7 Å². The number of amides is 1. The van der Waals surface area contributed by atoms with Gasteiger partial charge in [-0.3, -0.25) is 0 Å². The molecule has 176 valence electrons. The fourth-order valence-corrected chi connectivity index (χ4v) is 3.84. The van der Waals surface area contributed by atoms with E-state index in [1.807, 2.05) is 51.1 Å². The molecule has 1 amide bonds. The van der Waals surface area contributed by atoms with Gasteiger partial charge in [0.1, 0.15) is 11.7 Å². The molecule has 0 aliphatic carbocycles. The molecule has 3 N–H and O–H groups in total. The lowest BCUT2D eigenvalue weighted by Crippen LogP contribution is -2.42. The number of benzene rings is 1. The van der Waals surface area contributed by atoms with Gasteiger partial charge < -0.3 is 30.0 Å². The van der Waals surface area contributed by atoms with Crippen molar-refractivity contribution < 1.29 is 19.1 Å². The van der Waals surface area contributed by atoms with Gasteiger partial charge in [-0.15, -0.1) is 0 Å². The molecule has 0 atom stereocenters. The predicted octanol–water partition coefficient (Wildman–Crippen LogP) is 3.78. The van der Waals surface area contributed by atoms with Crippen LogP contribution in [0.15, 0.2) is 30.5 Å². The molecule has 1 aromatic carbocycles. The third-order valence-electron chi connectivity index (χ3n) is 5.55. The Morgan fingerprint density at radius 2 is 1.91 bits per heavy atom. The number of carbonyl (C=O) groups is 2. The molecule has 0 saturated carbocycles. The number of piperidine rings is 1. The van der Waals surface area contributed by atoms with E-state index in [2.05, 4.69) is 5.32 Å². The van der Waals surface area contributed by atoms with Crippen molar-refractivity contribution in [3.63, 3.8) is 0 Å². The molecule has 1 aliphatic heterocycles. The number of methoxy groups -OCH3 is 1. The summed E-state index contributed by atoms with van der Waals surface area (Å²) in [5.41, 5.74) is 7.45. The Morgan fingerprint density at radius 1 is 1.24 bits per heavy atom. The number of nitrogen functional groups attached to an aromatic ring is 1. The Hall–Kier alpha value is -3.67. The standard InChI is InChI=1S/C24H31N5O4/c1-24(2,3)33-23(31)28-11-9-16(10-12-28)14-27-18-7-5-6-8-19(18)29-15-17(13-25)20(26)21(29)22(30)32-4/h5-8,15-16,27H,9-12,14,26H2,1-4H3. The Morgan fingerprint density at radius 3 is 2.52 bits per heavy atom. The molecule has 2 heterocycles.